The van der Waals surface area contributed by atoms with Gasteiger partial charge in [0, 0.05) is 38.5 Å². The van der Waals surface area contributed by atoms with E-state index in [0.29, 0.717) is 11.1 Å². The summed E-state index contributed by atoms with van der Waals surface area (Å²) in [5.74, 6) is 0. The number of nitriles is 2. The smallest absolute Gasteiger partial charge is 0.0992 e. The molecule has 0 fully saturated rings. The van der Waals surface area contributed by atoms with Crippen molar-refractivity contribution in [1.29, 1.82) is 10.5 Å². The topological polar surface area (TPSA) is 57.4 Å². The largest absolute Gasteiger partial charge is 0.309 e. The molecule has 4 nitrogen and oxygen atoms in total. The molecule has 0 bridgehead atoms. The molecule has 0 spiro atoms. The van der Waals surface area contributed by atoms with E-state index >= 15 is 0 Å². The van der Waals surface area contributed by atoms with Crippen LogP contribution in [0.25, 0.3) is 66.1 Å². The molecule has 42 heavy (non-hydrogen) atoms. The second kappa shape index (κ2) is 9.24. The van der Waals surface area contributed by atoms with Gasteiger partial charge in [-0.25, -0.2) is 0 Å². The summed E-state index contributed by atoms with van der Waals surface area (Å²) < 4.78 is 4.57. The van der Waals surface area contributed by atoms with Crippen LogP contribution in [0.2, 0.25) is 0 Å². The lowest BCUT2D eigenvalue weighted by atomic mass is 9.97. The van der Waals surface area contributed by atoms with E-state index in [9.17, 15) is 10.5 Å². The van der Waals surface area contributed by atoms with Crippen molar-refractivity contribution in [1.82, 2.24) is 9.13 Å². The minimum atomic E-state index is 0.628. The Morgan fingerprint density at radius 2 is 1.07 bits per heavy atom. The molecule has 0 atom stereocenters. The Bertz CT molecular complexity index is 2430. The average molecular weight is 535 g/mol. The van der Waals surface area contributed by atoms with Gasteiger partial charge in [0.25, 0.3) is 0 Å². The Hall–Kier alpha value is -6.10. The predicted octanol–water partition coefficient (Wildman–Crippen LogP) is 9.29. The van der Waals surface area contributed by atoms with Gasteiger partial charge in [-0.15, -0.1) is 0 Å². The van der Waals surface area contributed by atoms with Crippen LogP contribution in [0.5, 0.6) is 0 Å². The van der Waals surface area contributed by atoms with E-state index in [0.717, 1.165) is 66.1 Å². The van der Waals surface area contributed by atoms with Crippen LogP contribution >= 0.6 is 0 Å². The average Bonchev–Trinajstić information content (AvgIpc) is 3.58. The van der Waals surface area contributed by atoms with Crippen LogP contribution in [0.1, 0.15) is 11.1 Å². The van der Waals surface area contributed by atoms with Crippen LogP contribution in [0.4, 0.5) is 0 Å². The van der Waals surface area contributed by atoms with Crippen molar-refractivity contribution in [3.8, 4) is 34.6 Å². The van der Waals surface area contributed by atoms with Crippen molar-refractivity contribution in [3.05, 3.63) is 145 Å². The molecule has 0 saturated carbocycles. The van der Waals surface area contributed by atoms with Crippen molar-refractivity contribution in [3.63, 3.8) is 0 Å². The molecule has 0 radical (unpaired) electrons. The molecule has 0 N–H and O–H groups in total. The van der Waals surface area contributed by atoms with Gasteiger partial charge in [-0.1, -0.05) is 72.8 Å². The lowest BCUT2D eigenvalue weighted by Crippen LogP contribution is -1.96. The van der Waals surface area contributed by atoms with Gasteiger partial charge in [0.15, 0.2) is 0 Å². The van der Waals surface area contributed by atoms with Gasteiger partial charge in [0.1, 0.15) is 0 Å². The fourth-order valence-corrected chi connectivity index (χ4v) is 6.44. The van der Waals surface area contributed by atoms with Crippen molar-refractivity contribution >= 4 is 43.6 Å². The maximum Gasteiger partial charge on any atom is 0.0992 e. The minimum Gasteiger partial charge on any atom is -0.309 e. The Morgan fingerprint density at radius 1 is 0.429 bits per heavy atom. The molecule has 0 aliphatic rings. The molecule has 2 heterocycles. The highest BCUT2D eigenvalue weighted by atomic mass is 15.0. The summed E-state index contributed by atoms with van der Waals surface area (Å²) in [4.78, 5) is 0. The standard InChI is InChI=1S/C38H22N4/c39-23-25-9-6-12-28(21-25)41-34-17-5-4-13-32(34)37-29(14-8-18-36(37)41)30-15-7-16-31-33-22-26(24-40)19-20-35(33)42(38(30)31)27-10-2-1-3-11-27/h1-22H. The van der Waals surface area contributed by atoms with Crippen LogP contribution in [-0.2, 0) is 0 Å². The highest BCUT2D eigenvalue weighted by Crippen LogP contribution is 2.43. The number of hydrogen-bond donors (Lipinski definition) is 0. The van der Waals surface area contributed by atoms with Gasteiger partial charge in [-0.3, -0.25) is 0 Å². The van der Waals surface area contributed by atoms with Crippen molar-refractivity contribution < 1.29 is 0 Å². The number of benzene rings is 6. The lowest BCUT2D eigenvalue weighted by Gasteiger charge is -2.13. The molecular formula is C38H22N4. The van der Waals surface area contributed by atoms with Gasteiger partial charge >= 0.3 is 0 Å². The van der Waals surface area contributed by atoms with E-state index in [-0.39, 0.29) is 0 Å². The molecule has 2 aromatic heterocycles. The molecule has 0 amide bonds. The molecule has 194 valence electrons. The quantitative estimate of drug-likeness (QED) is 0.227. The fourth-order valence-electron chi connectivity index (χ4n) is 6.44. The highest BCUT2D eigenvalue weighted by molar-refractivity contribution is 6.20. The zero-order valence-electron chi connectivity index (χ0n) is 22.5. The van der Waals surface area contributed by atoms with E-state index in [1.54, 1.807) is 0 Å². The number of rotatable bonds is 3. The first-order chi connectivity index (χ1) is 20.8. The maximum atomic E-state index is 9.70. The molecule has 4 heteroatoms. The normalized spacial score (nSPS) is 11.3. The molecule has 0 aliphatic heterocycles. The Labute approximate surface area is 242 Å². The van der Waals surface area contributed by atoms with Gasteiger partial charge < -0.3 is 9.13 Å². The monoisotopic (exact) mass is 534 g/mol. The first kappa shape index (κ1) is 23.8. The van der Waals surface area contributed by atoms with Crippen molar-refractivity contribution in [2.75, 3.05) is 0 Å². The molecule has 0 aliphatic carbocycles. The second-order valence-electron chi connectivity index (χ2n) is 10.4. The van der Waals surface area contributed by atoms with Crippen LogP contribution in [0, 0.1) is 22.7 Å². The summed E-state index contributed by atoms with van der Waals surface area (Å²) in [5.41, 5.74) is 9.87. The first-order valence-electron chi connectivity index (χ1n) is 13.8. The first-order valence-corrected chi connectivity index (χ1v) is 13.8. The molecule has 8 rings (SSSR count). The van der Waals surface area contributed by atoms with Gasteiger partial charge in [0.05, 0.1) is 45.3 Å². The van der Waals surface area contributed by atoms with E-state index < -0.39 is 0 Å². The van der Waals surface area contributed by atoms with Crippen LogP contribution in [0.15, 0.2) is 133 Å². The van der Waals surface area contributed by atoms with Crippen LogP contribution in [-0.4, -0.2) is 9.13 Å². The Balaban J connectivity index is 1.53. The number of para-hydroxylation sites is 3. The SMILES string of the molecule is N#Cc1cccc(-n2c3ccccc3c3c(-c4cccc5c6cc(C#N)ccc6n(-c6ccccc6)c45)cccc32)c1. The predicted molar refractivity (Wildman–Crippen MR) is 170 cm³/mol. The molecule has 0 saturated heterocycles. The molecule has 8 aromatic rings. The second-order valence-corrected chi connectivity index (χ2v) is 10.4. The summed E-state index contributed by atoms with van der Waals surface area (Å²) in [7, 11) is 0. The number of nitrogens with zero attached hydrogens (tertiary/aromatic N) is 4. The number of aromatic nitrogens is 2. The molecular weight excluding hydrogens is 512 g/mol. The van der Waals surface area contributed by atoms with Crippen molar-refractivity contribution in [2.45, 2.75) is 0 Å². The molecule has 6 aromatic carbocycles. The third-order valence-corrected chi connectivity index (χ3v) is 8.15. The van der Waals surface area contributed by atoms with E-state index in [2.05, 4.69) is 118 Å². The van der Waals surface area contributed by atoms with Crippen molar-refractivity contribution in [2.24, 2.45) is 0 Å². The zero-order valence-corrected chi connectivity index (χ0v) is 22.5. The summed E-state index contributed by atoms with van der Waals surface area (Å²) in [6.45, 7) is 0. The number of hydrogen-bond acceptors (Lipinski definition) is 2. The third-order valence-electron chi connectivity index (χ3n) is 8.15. The van der Waals surface area contributed by atoms with Gasteiger partial charge in [-0.2, -0.15) is 10.5 Å². The lowest BCUT2D eigenvalue weighted by molar-refractivity contribution is 1.18. The van der Waals surface area contributed by atoms with E-state index in [4.69, 9.17) is 0 Å². The highest BCUT2D eigenvalue weighted by Gasteiger charge is 2.21. The summed E-state index contributed by atoms with van der Waals surface area (Å²) >= 11 is 0. The maximum absolute atomic E-state index is 9.70. The van der Waals surface area contributed by atoms with E-state index in [1.165, 1.54) is 0 Å². The Morgan fingerprint density at radius 3 is 1.93 bits per heavy atom. The van der Waals surface area contributed by atoms with Crippen LogP contribution < -0.4 is 0 Å². The van der Waals surface area contributed by atoms with E-state index in [1.807, 2.05) is 36.4 Å². The van der Waals surface area contributed by atoms with Gasteiger partial charge in [-0.05, 0) is 66.2 Å². The van der Waals surface area contributed by atoms with Crippen LogP contribution in [0.3, 0.4) is 0 Å². The molecule has 0 unspecified atom stereocenters. The zero-order chi connectivity index (χ0) is 28.2. The third kappa shape index (κ3) is 3.40. The van der Waals surface area contributed by atoms with Gasteiger partial charge in [0.2, 0.25) is 0 Å². The fraction of sp³-hybridized carbons (Fsp3) is 0. The minimum absolute atomic E-state index is 0.628. The number of fused-ring (bicyclic) bond motifs is 6. The Kier molecular flexibility index (Phi) is 5.22. The summed E-state index contributed by atoms with van der Waals surface area (Å²) in [5, 5.41) is 23.8. The summed E-state index contributed by atoms with van der Waals surface area (Å²) in [6, 6.07) is 50.1. The summed E-state index contributed by atoms with van der Waals surface area (Å²) in [6.07, 6.45) is 0.